The average Bonchev–Trinajstić information content (AvgIpc) is 3.39. The average molecular weight is 671 g/mol. The summed E-state index contributed by atoms with van der Waals surface area (Å²) in [4.78, 5) is 24.8. The van der Waals surface area contributed by atoms with Crippen molar-refractivity contribution in [2.45, 2.75) is 49.5 Å². The molecule has 0 spiro atoms. The highest BCUT2D eigenvalue weighted by atomic mass is 35.5. The summed E-state index contributed by atoms with van der Waals surface area (Å²) in [7, 11) is -3.74. The molecule has 11 nitrogen and oxygen atoms in total. The molecule has 45 heavy (non-hydrogen) atoms. The summed E-state index contributed by atoms with van der Waals surface area (Å²) in [5.41, 5.74) is 1.72. The Morgan fingerprint density at radius 3 is 2.27 bits per heavy atom. The topological polar surface area (TPSA) is 171 Å². The lowest BCUT2D eigenvalue weighted by Gasteiger charge is -2.28. The molecule has 0 bridgehead atoms. The summed E-state index contributed by atoms with van der Waals surface area (Å²) in [5, 5.41) is 30.8. The number of halogens is 4. The van der Waals surface area contributed by atoms with Gasteiger partial charge in [0.05, 0.1) is 38.9 Å². The van der Waals surface area contributed by atoms with Crippen LogP contribution < -0.4 is 10.0 Å². The lowest BCUT2D eigenvalue weighted by Crippen LogP contribution is -2.42. The first kappa shape index (κ1) is 35.3. The van der Waals surface area contributed by atoms with E-state index in [2.05, 4.69) is 15.0 Å². The number of benzene rings is 3. The quantitative estimate of drug-likeness (QED) is 0.142. The molecule has 242 valence electrons. The van der Waals surface area contributed by atoms with Crippen molar-refractivity contribution in [1.82, 2.24) is 14.9 Å². The number of carboxylic acid groups (broad SMARTS) is 2. The highest BCUT2D eigenvalue weighted by Gasteiger charge is 2.38. The fourth-order valence-corrected chi connectivity index (χ4v) is 5.48. The van der Waals surface area contributed by atoms with Crippen molar-refractivity contribution in [3.05, 3.63) is 89.2 Å². The van der Waals surface area contributed by atoms with Gasteiger partial charge >= 0.3 is 18.1 Å². The molecule has 0 saturated heterocycles. The Balaban J connectivity index is 0.000000707. The van der Waals surface area contributed by atoms with Crippen molar-refractivity contribution >= 4 is 50.3 Å². The number of alkyl halides is 3. The number of sulfonamides is 1. The van der Waals surface area contributed by atoms with Crippen LogP contribution in [0.15, 0.2) is 78.0 Å². The van der Waals surface area contributed by atoms with E-state index in [-0.39, 0.29) is 22.0 Å². The summed E-state index contributed by atoms with van der Waals surface area (Å²) >= 11 is 6.36. The minimum atomic E-state index is -5.08. The Kier molecular flexibility index (Phi) is 11.2. The molecule has 0 aliphatic carbocycles. The Hall–Kier alpha value is -4.18. The Labute approximate surface area is 261 Å². The number of hydrogen-bond acceptors (Lipinski definition) is 7. The zero-order valence-electron chi connectivity index (χ0n) is 23.9. The zero-order chi connectivity index (χ0) is 33.6. The predicted molar refractivity (Wildman–Crippen MR) is 161 cm³/mol. The van der Waals surface area contributed by atoms with Gasteiger partial charge in [0.1, 0.15) is 0 Å². The van der Waals surface area contributed by atoms with E-state index in [0.29, 0.717) is 35.2 Å². The zero-order valence-corrected chi connectivity index (χ0v) is 25.5. The Morgan fingerprint density at radius 2 is 1.67 bits per heavy atom. The second-order valence-electron chi connectivity index (χ2n) is 10.4. The largest absolute Gasteiger partial charge is 0.490 e. The van der Waals surface area contributed by atoms with Gasteiger partial charge in [-0.2, -0.15) is 13.2 Å². The summed E-state index contributed by atoms with van der Waals surface area (Å²) in [6.45, 7) is 4.74. The number of anilines is 1. The van der Waals surface area contributed by atoms with Crippen LogP contribution >= 0.6 is 11.6 Å². The number of nitrogens with zero attached hydrogens (tertiary/aromatic N) is 2. The summed E-state index contributed by atoms with van der Waals surface area (Å²) < 4.78 is 61.4. The first-order valence-electron chi connectivity index (χ1n) is 13.2. The van der Waals surface area contributed by atoms with Crippen LogP contribution in [0, 0.1) is 0 Å². The number of aromatic nitrogens is 2. The monoisotopic (exact) mass is 670 g/mol. The van der Waals surface area contributed by atoms with E-state index in [0.717, 1.165) is 0 Å². The molecule has 0 fully saturated rings. The van der Waals surface area contributed by atoms with Gasteiger partial charge in [-0.3, -0.25) is 4.72 Å². The minimum Gasteiger partial charge on any atom is -0.478 e. The van der Waals surface area contributed by atoms with Crippen molar-refractivity contribution in [1.29, 1.82) is 0 Å². The molecule has 0 radical (unpaired) electrons. The van der Waals surface area contributed by atoms with Gasteiger partial charge in [-0.15, -0.1) is 0 Å². The molecule has 1 atom stereocenters. The van der Waals surface area contributed by atoms with Gasteiger partial charge in [0, 0.05) is 24.3 Å². The molecule has 0 aliphatic heterocycles. The van der Waals surface area contributed by atoms with Gasteiger partial charge in [0.25, 0.3) is 10.0 Å². The molecule has 0 amide bonds. The lowest BCUT2D eigenvalue weighted by molar-refractivity contribution is -0.192. The smallest absolute Gasteiger partial charge is 0.478 e. The number of aliphatic hydroxyl groups is 1. The van der Waals surface area contributed by atoms with E-state index in [1.807, 2.05) is 18.4 Å². The first-order chi connectivity index (χ1) is 20.9. The molecule has 4 aromatic rings. The van der Waals surface area contributed by atoms with Crippen LogP contribution in [0.3, 0.4) is 0 Å². The molecule has 0 unspecified atom stereocenters. The third-order valence-electron chi connectivity index (χ3n) is 6.52. The molecule has 1 heterocycles. The van der Waals surface area contributed by atoms with Crippen LogP contribution in [0.2, 0.25) is 5.02 Å². The molecule has 0 saturated carbocycles. The van der Waals surface area contributed by atoms with E-state index in [1.165, 1.54) is 18.2 Å². The fraction of sp³-hybridized carbons (Fsp3) is 0.276. The van der Waals surface area contributed by atoms with Crippen LogP contribution in [0.25, 0.3) is 11.0 Å². The number of aliphatic carboxylic acids is 1. The Bertz CT molecular complexity index is 1760. The van der Waals surface area contributed by atoms with E-state index in [9.17, 15) is 36.6 Å². The van der Waals surface area contributed by atoms with Crippen molar-refractivity contribution < 1.29 is 46.5 Å². The van der Waals surface area contributed by atoms with Crippen molar-refractivity contribution in [2.24, 2.45) is 0 Å². The normalized spacial score (nSPS) is 12.7. The van der Waals surface area contributed by atoms with E-state index >= 15 is 0 Å². The fourth-order valence-electron chi connectivity index (χ4n) is 4.06. The van der Waals surface area contributed by atoms with Crippen molar-refractivity contribution in [3.8, 4) is 0 Å². The van der Waals surface area contributed by atoms with Gasteiger partial charge < -0.3 is 25.2 Å². The number of imidazole rings is 1. The van der Waals surface area contributed by atoms with Crippen LogP contribution in [0.4, 0.5) is 18.9 Å². The summed E-state index contributed by atoms with van der Waals surface area (Å²) in [6, 6.07) is 17.8. The van der Waals surface area contributed by atoms with Gasteiger partial charge in [-0.25, -0.2) is 23.0 Å². The van der Waals surface area contributed by atoms with Gasteiger partial charge in [0.15, 0.2) is 0 Å². The van der Waals surface area contributed by atoms with Crippen LogP contribution in [-0.4, -0.2) is 63.5 Å². The molecule has 0 aliphatic rings. The van der Waals surface area contributed by atoms with Gasteiger partial charge in [0.2, 0.25) is 0 Å². The predicted octanol–water partition coefficient (Wildman–Crippen LogP) is 5.31. The molecule has 4 rings (SSSR count). The lowest BCUT2D eigenvalue weighted by atomic mass is 9.99. The summed E-state index contributed by atoms with van der Waals surface area (Å²) in [5.74, 6) is -3.86. The number of β-amino-alcohol motifs (C(OH)–C–C–N with tert-alkyl or cyclic N) is 1. The third-order valence-corrected chi connectivity index (χ3v) is 8.30. The second kappa shape index (κ2) is 14.3. The van der Waals surface area contributed by atoms with Crippen LogP contribution in [-0.2, 0) is 21.4 Å². The molecular weight excluding hydrogens is 641 g/mol. The Morgan fingerprint density at radius 1 is 1.02 bits per heavy atom. The molecular formula is C29H30ClF3N4O7S. The number of carbonyl (C=O) groups is 2. The molecule has 16 heteroatoms. The molecule has 5 N–H and O–H groups in total. The number of rotatable bonds is 11. The number of aliphatic hydroxyl groups excluding tert-OH is 1. The van der Waals surface area contributed by atoms with E-state index < -0.39 is 39.8 Å². The number of aryl methyl sites for hydroxylation is 1. The van der Waals surface area contributed by atoms with Crippen molar-refractivity contribution in [3.63, 3.8) is 0 Å². The number of nitrogens with one attached hydrogen (secondary N) is 2. The van der Waals surface area contributed by atoms with E-state index in [1.54, 1.807) is 54.9 Å². The maximum atomic E-state index is 12.6. The maximum Gasteiger partial charge on any atom is 0.490 e. The first-order valence-corrected chi connectivity index (χ1v) is 15.0. The maximum absolute atomic E-state index is 12.6. The molecule has 1 aromatic heterocycles. The highest BCUT2D eigenvalue weighted by molar-refractivity contribution is 7.92. The second-order valence-corrected chi connectivity index (χ2v) is 12.5. The van der Waals surface area contributed by atoms with Crippen LogP contribution in [0.1, 0.15) is 42.3 Å². The number of fused-ring (bicyclic) bond motifs is 1. The van der Waals surface area contributed by atoms with Gasteiger partial charge in [-0.1, -0.05) is 41.9 Å². The minimum absolute atomic E-state index is 0.0229. The standard InChI is InChI=1S/C27H29ClN4O5S.C2HF3O2/c1-27(2,13-14-32-17-29-22-12-11-21(26(34)35)24(28)25(22)32)30-16-23(33)18-7-6-8-19(15-18)31-38(36,37)20-9-4-3-5-10-20;3-2(4,5)1(6)7/h3-12,15,17,23,30-31,33H,13-14,16H2,1-2H3,(H,34,35);(H,6,7)/t23-;/m0./s1. The van der Waals surface area contributed by atoms with Gasteiger partial charge in [-0.05, 0) is 62.2 Å². The third kappa shape index (κ3) is 9.65. The van der Waals surface area contributed by atoms with E-state index in [4.69, 9.17) is 21.5 Å². The number of hydrogen-bond donors (Lipinski definition) is 5. The number of aromatic carboxylic acids is 1. The van der Waals surface area contributed by atoms with Crippen molar-refractivity contribution in [2.75, 3.05) is 11.3 Å². The SMILES string of the molecule is CC(C)(CCn1cnc2ccc(C(=O)O)c(Cl)c21)NC[C@H](O)c1cccc(NS(=O)(=O)c2ccccc2)c1.O=C(O)C(F)(F)F. The molecule has 3 aromatic carbocycles. The summed E-state index contributed by atoms with van der Waals surface area (Å²) in [6.07, 6.45) is -3.69. The van der Waals surface area contributed by atoms with Crippen LogP contribution in [0.5, 0.6) is 0 Å². The number of carboxylic acids is 2. The highest BCUT2D eigenvalue weighted by Crippen LogP contribution is 2.28.